The van der Waals surface area contributed by atoms with Gasteiger partial charge in [0, 0.05) is 31.2 Å². The molecule has 0 aliphatic heterocycles. The van der Waals surface area contributed by atoms with Crippen LogP contribution in [0.15, 0.2) is 72.1 Å². The van der Waals surface area contributed by atoms with Crippen molar-refractivity contribution in [3.63, 3.8) is 0 Å². The number of benzene rings is 2. The molecule has 8 heteroatoms. The van der Waals surface area contributed by atoms with Gasteiger partial charge in [0.1, 0.15) is 0 Å². The van der Waals surface area contributed by atoms with Crippen LogP contribution in [0, 0.1) is 6.92 Å². The smallest absolute Gasteiger partial charge is 0.238 e. The molecule has 3 rings (SSSR count). The van der Waals surface area contributed by atoms with Crippen molar-refractivity contribution in [3.05, 3.63) is 93.7 Å². The molecule has 0 radical (unpaired) electrons. The Morgan fingerprint density at radius 3 is 2.20 bits per heavy atom. The van der Waals surface area contributed by atoms with Gasteiger partial charge in [0.2, 0.25) is 15.9 Å². The number of aryl methyl sites for hydroxylation is 1. The number of nitrogens with zero attached hydrogens (tertiary/aromatic N) is 2. The molecule has 0 saturated heterocycles. The number of thiophene rings is 1. The summed E-state index contributed by atoms with van der Waals surface area (Å²) in [4.78, 5) is 16.4. The Hall–Kier alpha value is -2.52. The number of rotatable bonds is 14. The zero-order chi connectivity index (χ0) is 25.1. The minimum Gasteiger partial charge on any atom is -0.382 e. The summed E-state index contributed by atoms with van der Waals surface area (Å²) < 4.78 is 33.5. The predicted molar refractivity (Wildman–Crippen MR) is 142 cm³/mol. The van der Waals surface area contributed by atoms with Gasteiger partial charge in [0.25, 0.3) is 0 Å². The normalized spacial score (nSPS) is 11.6. The topological polar surface area (TPSA) is 66.9 Å². The van der Waals surface area contributed by atoms with E-state index in [1.54, 1.807) is 28.4 Å². The maximum Gasteiger partial charge on any atom is 0.238 e. The van der Waals surface area contributed by atoms with E-state index in [4.69, 9.17) is 4.74 Å². The van der Waals surface area contributed by atoms with Gasteiger partial charge in [0.05, 0.1) is 18.8 Å². The monoisotopic (exact) mass is 514 g/mol. The molecule has 1 amide bonds. The van der Waals surface area contributed by atoms with Crippen LogP contribution in [0.5, 0.6) is 0 Å². The average Bonchev–Trinajstić information content (AvgIpc) is 3.25. The van der Waals surface area contributed by atoms with Gasteiger partial charge < -0.3 is 9.64 Å². The molecule has 0 aliphatic carbocycles. The highest BCUT2D eigenvalue weighted by atomic mass is 32.2. The molecular formula is C27H34N2O4S2. The highest BCUT2D eigenvalue weighted by Gasteiger charge is 2.27. The lowest BCUT2D eigenvalue weighted by atomic mass is 10.2. The van der Waals surface area contributed by atoms with Crippen molar-refractivity contribution >= 4 is 27.3 Å². The van der Waals surface area contributed by atoms with Crippen LogP contribution in [0.25, 0.3) is 0 Å². The maximum absolute atomic E-state index is 13.6. The Labute approximate surface area is 213 Å². The molecule has 188 valence electrons. The van der Waals surface area contributed by atoms with Crippen molar-refractivity contribution in [2.45, 2.75) is 39.1 Å². The van der Waals surface area contributed by atoms with Crippen LogP contribution in [0.4, 0.5) is 0 Å². The summed E-state index contributed by atoms with van der Waals surface area (Å²) >= 11 is 1.61. The first-order valence-corrected chi connectivity index (χ1v) is 14.3. The second kappa shape index (κ2) is 13.5. The van der Waals surface area contributed by atoms with E-state index in [2.05, 4.69) is 0 Å². The average molecular weight is 515 g/mol. The molecule has 1 heterocycles. The fraction of sp³-hybridized carbons (Fsp3) is 0.370. The second-order valence-electron chi connectivity index (χ2n) is 8.39. The lowest BCUT2D eigenvalue weighted by molar-refractivity contribution is -0.132. The summed E-state index contributed by atoms with van der Waals surface area (Å²) in [6, 6.07) is 20.9. The molecule has 0 N–H and O–H groups in total. The Morgan fingerprint density at radius 2 is 1.60 bits per heavy atom. The lowest BCUT2D eigenvalue weighted by Gasteiger charge is -2.27. The fourth-order valence-electron chi connectivity index (χ4n) is 3.71. The summed E-state index contributed by atoms with van der Waals surface area (Å²) in [6.45, 7) is 5.86. The van der Waals surface area contributed by atoms with Crippen molar-refractivity contribution < 1.29 is 17.9 Å². The van der Waals surface area contributed by atoms with Crippen LogP contribution < -0.4 is 0 Å². The molecule has 0 aliphatic rings. The van der Waals surface area contributed by atoms with Crippen molar-refractivity contribution in [3.8, 4) is 0 Å². The molecule has 1 aromatic heterocycles. The van der Waals surface area contributed by atoms with Crippen LogP contribution >= 0.6 is 11.3 Å². The number of carbonyl (C=O) groups is 1. The maximum atomic E-state index is 13.6. The van der Waals surface area contributed by atoms with Gasteiger partial charge in [-0.15, -0.1) is 11.3 Å². The van der Waals surface area contributed by atoms with E-state index in [0.717, 1.165) is 16.0 Å². The first-order chi connectivity index (χ1) is 16.9. The van der Waals surface area contributed by atoms with Gasteiger partial charge in [-0.1, -0.05) is 60.7 Å². The van der Waals surface area contributed by atoms with Crippen molar-refractivity contribution in [2.75, 3.05) is 26.3 Å². The van der Waals surface area contributed by atoms with Crippen LogP contribution in [0.1, 0.15) is 34.9 Å². The van der Waals surface area contributed by atoms with Gasteiger partial charge >= 0.3 is 0 Å². The highest BCUT2D eigenvalue weighted by molar-refractivity contribution is 7.88. The minimum absolute atomic E-state index is 0.140. The summed E-state index contributed by atoms with van der Waals surface area (Å²) in [6.07, 6.45) is 0.526. The van der Waals surface area contributed by atoms with E-state index >= 15 is 0 Å². The number of amides is 1. The van der Waals surface area contributed by atoms with Crippen molar-refractivity contribution in [1.29, 1.82) is 0 Å². The van der Waals surface area contributed by atoms with Crippen molar-refractivity contribution in [1.82, 2.24) is 9.21 Å². The Kier molecular flexibility index (Phi) is 10.5. The fourth-order valence-corrected chi connectivity index (χ4v) is 6.14. The largest absolute Gasteiger partial charge is 0.382 e. The molecule has 0 bridgehead atoms. The Balaban J connectivity index is 1.80. The molecule has 0 saturated carbocycles. The number of hydrogen-bond acceptors (Lipinski definition) is 5. The Morgan fingerprint density at radius 1 is 0.943 bits per heavy atom. The number of hydrogen-bond donors (Lipinski definition) is 0. The number of sulfonamides is 1. The highest BCUT2D eigenvalue weighted by Crippen LogP contribution is 2.20. The zero-order valence-electron chi connectivity index (χ0n) is 20.4. The zero-order valence-corrected chi connectivity index (χ0v) is 22.1. The molecule has 0 spiro atoms. The van der Waals surface area contributed by atoms with Gasteiger partial charge in [-0.25, -0.2) is 8.42 Å². The second-order valence-corrected chi connectivity index (χ2v) is 11.4. The first kappa shape index (κ1) is 27.1. The third-order valence-electron chi connectivity index (χ3n) is 5.67. The van der Waals surface area contributed by atoms with E-state index in [1.807, 2.05) is 73.8 Å². The van der Waals surface area contributed by atoms with Gasteiger partial charge in [-0.2, -0.15) is 4.31 Å². The molecule has 6 nitrogen and oxygen atoms in total. The van der Waals surface area contributed by atoms with Gasteiger partial charge in [-0.3, -0.25) is 4.79 Å². The predicted octanol–water partition coefficient (Wildman–Crippen LogP) is 4.84. The molecular weight excluding hydrogens is 480 g/mol. The number of carbonyl (C=O) groups excluding carboxylic acids is 1. The number of ether oxygens (including phenoxy) is 1. The molecule has 2 aromatic carbocycles. The van der Waals surface area contributed by atoms with E-state index < -0.39 is 10.0 Å². The van der Waals surface area contributed by atoms with E-state index in [9.17, 15) is 13.2 Å². The molecule has 0 unspecified atom stereocenters. The first-order valence-electron chi connectivity index (χ1n) is 11.8. The van der Waals surface area contributed by atoms with Crippen LogP contribution in [-0.2, 0) is 38.4 Å². The molecule has 0 atom stereocenters. The molecule has 3 aromatic rings. The van der Waals surface area contributed by atoms with Crippen LogP contribution in [0.3, 0.4) is 0 Å². The molecule has 0 fully saturated rings. The van der Waals surface area contributed by atoms with Crippen molar-refractivity contribution in [2.24, 2.45) is 0 Å². The summed E-state index contributed by atoms with van der Waals surface area (Å²) in [5.74, 6) is -0.354. The van der Waals surface area contributed by atoms with Gasteiger partial charge in [-0.05, 0) is 48.4 Å². The summed E-state index contributed by atoms with van der Waals surface area (Å²) in [5, 5.41) is 2.01. The third-order valence-corrected chi connectivity index (χ3v) is 8.47. The Bertz CT molecular complexity index is 1150. The van der Waals surface area contributed by atoms with E-state index in [1.165, 1.54) is 4.31 Å². The quantitative estimate of drug-likeness (QED) is 0.289. The van der Waals surface area contributed by atoms with Gasteiger partial charge in [0.15, 0.2) is 0 Å². The molecule has 35 heavy (non-hydrogen) atoms. The SMILES string of the molecule is CCOCCCN(CC(=O)N(Cc1ccccc1)Cc1sccc1C)S(=O)(=O)Cc1ccccc1. The van der Waals surface area contributed by atoms with E-state index in [-0.39, 0.29) is 24.7 Å². The standard InChI is InChI=1S/C27H34N2O4S2/c1-3-33-17-10-16-29(35(31,32)22-25-13-8-5-9-14-25)21-27(30)28(19-24-11-6-4-7-12-24)20-26-23(2)15-18-34-26/h4-9,11-15,18H,3,10,16-17,19-22H2,1-2H3. The minimum atomic E-state index is -3.70. The van der Waals surface area contributed by atoms with Crippen LogP contribution in [0.2, 0.25) is 0 Å². The van der Waals surface area contributed by atoms with Crippen LogP contribution in [-0.4, -0.2) is 49.8 Å². The van der Waals surface area contributed by atoms with E-state index in [0.29, 0.717) is 38.3 Å². The summed E-state index contributed by atoms with van der Waals surface area (Å²) in [7, 11) is -3.70. The third kappa shape index (κ3) is 8.58. The summed E-state index contributed by atoms with van der Waals surface area (Å²) in [5.41, 5.74) is 2.83. The lowest BCUT2D eigenvalue weighted by Crippen LogP contribution is -2.43.